The molecular formula is C15H12BrNO3. The molecule has 1 unspecified atom stereocenters. The minimum Gasteiger partial charge on any atom is -0.473 e. The zero-order chi connectivity index (χ0) is 14.1. The van der Waals surface area contributed by atoms with Gasteiger partial charge in [0.05, 0.1) is 0 Å². The van der Waals surface area contributed by atoms with E-state index in [1.165, 1.54) is 4.90 Å². The molecule has 102 valence electrons. The summed E-state index contributed by atoms with van der Waals surface area (Å²) in [5.41, 5.74) is 1.15. The number of ether oxygens (including phenoxy) is 1. The van der Waals surface area contributed by atoms with E-state index in [2.05, 4.69) is 15.9 Å². The Morgan fingerprint density at radius 3 is 2.55 bits per heavy atom. The smallest absolute Gasteiger partial charge is 0.259 e. The molecular weight excluding hydrogens is 322 g/mol. The fourth-order valence-electron chi connectivity index (χ4n) is 2.15. The molecule has 5 heteroatoms. The van der Waals surface area contributed by atoms with Crippen LogP contribution in [0.25, 0.3) is 0 Å². The fourth-order valence-corrected chi connectivity index (χ4v) is 2.42. The van der Waals surface area contributed by atoms with E-state index < -0.39 is 6.23 Å². The summed E-state index contributed by atoms with van der Waals surface area (Å²) in [6, 6.07) is 14.3. The maximum atomic E-state index is 12.2. The normalized spacial score (nSPS) is 17.2. The minimum absolute atomic E-state index is 0.0102. The highest BCUT2D eigenvalue weighted by atomic mass is 79.9. The summed E-state index contributed by atoms with van der Waals surface area (Å²) < 4.78 is 6.49. The molecule has 0 saturated heterocycles. The van der Waals surface area contributed by atoms with Crippen LogP contribution in [0.2, 0.25) is 0 Å². The highest BCUT2D eigenvalue weighted by Gasteiger charge is 2.35. The Kier molecular flexibility index (Phi) is 3.46. The first-order valence-electron chi connectivity index (χ1n) is 6.13. The van der Waals surface area contributed by atoms with E-state index in [0.717, 1.165) is 4.47 Å². The monoisotopic (exact) mass is 333 g/mol. The fraction of sp³-hybridized carbons (Fsp3) is 0.133. The molecule has 1 atom stereocenters. The standard InChI is InChI=1S/C15H12BrNO3/c16-10-5-7-11(8-6-10)20-9-17-14(18)12-3-1-2-4-13(12)15(17)19/h1-8,14,18H,9H2. The molecule has 1 amide bonds. The van der Waals surface area contributed by atoms with Gasteiger partial charge in [-0.15, -0.1) is 0 Å². The second-order valence-corrected chi connectivity index (χ2v) is 5.38. The third-order valence-corrected chi connectivity index (χ3v) is 3.74. The number of fused-ring (bicyclic) bond motifs is 1. The molecule has 3 rings (SSSR count). The Balaban J connectivity index is 1.73. The number of hydrogen-bond acceptors (Lipinski definition) is 3. The molecule has 20 heavy (non-hydrogen) atoms. The second-order valence-electron chi connectivity index (χ2n) is 4.46. The number of rotatable bonds is 3. The molecule has 2 aromatic rings. The molecule has 0 radical (unpaired) electrons. The average molecular weight is 334 g/mol. The van der Waals surface area contributed by atoms with E-state index in [4.69, 9.17) is 4.74 Å². The van der Waals surface area contributed by atoms with Crippen LogP contribution in [0.1, 0.15) is 22.1 Å². The van der Waals surface area contributed by atoms with Gasteiger partial charge in [-0.1, -0.05) is 34.1 Å². The predicted molar refractivity (Wildman–Crippen MR) is 77.2 cm³/mol. The summed E-state index contributed by atoms with van der Waals surface area (Å²) in [5, 5.41) is 10.2. The maximum absolute atomic E-state index is 12.2. The quantitative estimate of drug-likeness (QED) is 0.939. The van der Waals surface area contributed by atoms with Gasteiger partial charge in [0.25, 0.3) is 5.91 Å². The lowest BCUT2D eigenvalue weighted by Gasteiger charge is -2.21. The molecule has 0 fully saturated rings. The maximum Gasteiger partial charge on any atom is 0.259 e. The van der Waals surface area contributed by atoms with Crippen molar-refractivity contribution in [3.05, 3.63) is 64.1 Å². The molecule has 0 aromatic heterocycles. The molecule has 0 aliphatic carbocycles. The molecule has 4 nitrogen and oxygen atoms in total. The minimum atomic E-state index is -0.950. The molecule has 1 heterocycles. The number of aliphatic hydroxyl groups is 1. The zero-order valence-corrected chi connectivity index (χ0v) is 12.1. The number of aliphatic hydroxyl groups excluding tert-OH is 1. The number of amides is 1. The van der Waals surface area contributed by atoms with E-state index in [1.807, 2.05) is 12.1 Å². The van der Waals surface area contributed by atoms with Crippen LogP contribution in [0, 0.1) is 0 Å². The first-order valence-corrected chi connectivity index (χ1v) is 6.92. The van der Waals surface area contributed by atoms with Crippen LogP contribution < -0.4 is 4.74 Å². The lowest BCUT2D eigenvalue weighted by molar-refractivity contribution is -0.0141. The molecule has 2 aromatic carbocycles. The summed E-state index contributed by atoms with van der Waals surface area (Å²) in [7, 11) is 0. The van der Waals surface area contributed by atoms with Gasteiger partial charge in [0.1, 0.15) is 5.75 Å². The topological polar surface area (TPSA) is 49.8 Å². The predicted octanol–water partition coefficient (Wildman–Crippen LogP) is 2.93. The lowest BCUT2D eigenvalue weighted by atomic mass is 10.1. The van der Waals surface area contributed by atoms with E-state index in [9.17, 15) is 9.90 Å². The average Bonchev–Trinajstić information content (AvgIpc) is 2.71. The summed E-state index contributed by atoms with van der Waals surface area (Å²) in [4.78, 5) is 13.5. The van der Waals surface area contributed by atoms with Crippen LogP contribution in [-0.2, 0) is 0 Å². The van der Waals surface area contributed by atoms with Crippen LogP contribution in [-0.4, -0.2) is 22.6 Å². The van der Waals surface area contributed by atoms with E-state index >= 15 is 0 Å². The van der Waals surface area contributed by atoms with Crippen molar-refractivity contribution in [3.63, 3.8) is 0 Å². The van der Waals surface area contributed by atoms with Crippen molar-refractivity contribution in [2.75, 3.05) is 6.73 Å². The second kappa shape index (κ2) is 5.26. The number of halogens is 1. The van der Waals surface area contributed by atoms with E-state index in [0.29, 0.717) is 16.9 Å². The van der Waals surface area contributed by atoms with Crippen LogP contribution in [0.15, 0.2) is 53.0 Å². The number of hydrogen-bond donors (Lipinski definition) is 1. The summed E-state index contributed by atoms with van der Waals surface area (Å²) in [6.45, 7) is 0.0102. The highest BCUT2D eigenvalue weighted by Crippen LogP contribution is 2.31. The first-order chi connectivity index (χ1) is 9.66. The van der Waals surface area contributed by atoms with Crippen LogP contribution in [0.5, 0.6) is 5.75 Å². The SMILES string of the molecule is O=C1c2ccccc2C(O)N1COc1ccc(Br)cc1. The third-order valence-electron chi connectivity index (χ3n) is 3.21. The van der Waals surface area contributed by atoms with Gasteiger partial charge in [0, 0.05) is 15.6 Å². The third kappa shape index (κ3) is 2.30. The Labute approximate surface area is 124 Å². The molecule has 1 aliphatic heterocycles. The van der Waals surface area contributed by atoms with Gasteiger partial charge >= 0.3 is 0 Å². The van der Waals surface area contributed by atoms with Crippen molar-refractivity contribution in [3.8, 4) is 5.75 Å². The van der Waals surface area contributed by atoms with Crippen molar-refractivity contribution in [2.24, 2.45) is 0 Å². The van der Waals surface area contributed by atoms with Gasteiger partial charge in [-0.3, -0.25) is 9.69 Å². The first kappa shape index (κ1) is 13.1. The zero-order valence-electron chi connectivity index (χ0n) is 10.5. The number of nitrogens with zero attached hydrogens (tertiary/aromatic N) is 1. The molecule has 0 bridgehead atoms. The number of carbonyl (C=O) groups excluding carboxylic acids is 1. The van der Waals surface area contributed by atoms with Crippen molar-refractivity contribution < 1.29 is 14.6 Å². The Morgan fingerprint density at radius 2 is 1.85 bits per heavy atom. The van der Waals surface area contributed by atoms with Gasteiger partial charge in [0.15, 0.2) is 13.0 Å². The summed E-state index contributed by atoms with van der Waals surface area (Å²) in [6.07, 6.45) is -0.950. The van der Waals surface area contributed by atoms with Gasteiger partial charge in [-0.25, -0.2) is 0 Å². The van der Waals surface area contributed by atoms with Crippen molar-refractivity contribution in [2.45, 2.75) is 6.23 Å². The van der Waals surface area contributed by atoms with Gasteiger partial charge in [-0.05, 0) is 30.3 Å². The Hall–Kier alpha value is -1.85. The molecule has 0 spiro atoms. The van der Waals surface area contributed by atoms with E-state index in [1.54, 1.807) is 36.4 Å². The largest absolute Gasteiger partial charge is 0.473 e. The molecule has 1 aliphatic rings. The van der Waals surface area contributed by atoms with Gasteiger partial charge in [0.2, 0.25) is 0 Å². The van der Waals surface area contributed by atoms with Crippen LogP contribution in [0.3, 0.4) is 0 Å². The summed E-state index contributed by atoms with van der Waals surface area (Å²) >= 11 is 3.34. The lowest BCUT2D eigenvalue weighted by Crippen LogP contribution is -2.31. The Morgan fingerprint density at radius 1 is 1.15 bits per heavy atom. The van der Waals surface area contributed by atoms with Crippen LogP contribution >= 0.6 is 15.9 Å². The van der Waals surface area contributed by atoms with Crippen molar-refractivity contribution in [1.82, 2.24) is 4.90 Å². The van der Waals surface area contributed by atoms with Crippen LogP contribution in [0.4, 0.5) is 0 Å². The van der Waals surface area contributed by atoms with Gasteiger partial charge in [-0.2, -0.15) is 0 Å². The number of carbonyl (C=O) groups is 1. The summed E-state index contributed by atoms with van der Waals surface area (Å²) in [5.74, 6) is 0.425. The van der Waals surface area contributed by atoms with Gasteiger partial charge < -0.3 is 9.84 Å². The van der Waals surface area contributed by atoms with Crippen molar-refractivity contribution >= 4 is 21.8 Å². The molecule has 1 N–H and O–H groups in total. The van der Waals surface area contributed by atoms with Crippen molar-refractivity contribution in [1.29, 1.82) is 0 Å². The molecule has 0 saturated carbocycles. The highest BCUT2D eigenvalue weighted by molar-refractivity contribution is 9.10. The van der Waals surface area contributed by atoms with E-state index in [-0.39, 0.29) is 12.6 Å². The Bertz CT molecular complexity index is 642. The number of benzene rings is 2.